The van der Waals surface area contributed by atoms with Gasteiger partial charge in [0, 0.05) is 12.1 Å². The van der Waals surface area contributed by atoms with E-state index in [0.29, 0.717) is 16.8 Å². The molecule has 0 aliphatic carbocycles. The molecule has 1 N–H and O–H groups in total. The van der Waals surface area contributed by atoms with E-state index in [9.17, 15) is 4.79 Å². The maximum Gasteiger partial charge on any atom is 0.417 e. The highest BCUT2D eigenvalue weighted by molar-refractivity contribution is 5.73. The standard InChI is InChI=1S/C8H6NO3/c1-11-5-2-3-6-7(4-5)12-8(10)9-6/h3-4H,1H3,(H,9,10). The number of fused-ring (bicyclic) bond motifs is 1. The molecule has 1 aromatic heterocycles. The predicted octanol–water partition coefficient (Wildman–Crippen LogP) is 0.930. The second-order valence-electron chi connectivity index (χ2n) is 2.29. The lowest BCUT2D eigenvalue weighted by atomic mass is 10.3. The van der Waals surface area contributed by atoms with Crippen molar-refractivity contribution in [3.63, 3.8) is 0 Å². The lowest BCUT2D eigenvalue weighted by Gasteiger charge is -1.95. The Hall–Kier alpha value is -1.71. The zero-order chi connectivity index (χ0) is 8.55. The number of hydrogen-bond donors (Lipinski definition) is 1. The largest absolute Gasteiger partial charge is 0.496 e. The molecule has 0 atom stereocenters. The van der Waals surface area contributed by atoms with Crippen LogP contribution in [-0.4, -0.2) is 12.1 Å². The first kappa shape index (κ1) is 6.97. The number of nitrogens with one attached hydrogen (secondary N) is 1. The van der Waals surface area contributed by atoms with Crippen LogP contribution in [0.2, 0.25) is 0 Å². The summed E-state index contributed by atoms with van der Waals surface area (Å²) >= 11 is 0. The molecule has 0 spiro atoms. The fourth-order valence-corrected chi connectivity index (χ4v) is 0.988. The van der Waals surface area contributed by atoms with Crippen molar-refractivity contribution in [2.45, 2.75) is 0 Å². The number of hydrogen-bond acceptors (Lipinski definition) is 3. The number of ether oxygens (including phenoxy) is 1. The molecule has 1 heterocycles. The van der Waals surface area contributed by atoms with Crippen LogP contribution in [0.3, 0.4) is 0 Å². The molecule has 12 heavy (non-hydrogen) atoms. The molecule has 1 radical (unpaired) electrons. The normalized spacial score (nSPS) is 10.4. The van der Waals surface area contributed by atoms with Crippen molar-refractivity contribution >= 4 is 11.1 Å². The van der Waals surface area contributed by atoms with E-state index in [1.54, 1.807) is 12.1 Å². The second-order valence-corrected chi connectivity index (χ2v) is 2.29. The zero-order valence-electron chi connectivity index (χ0n) is 6.38. The van der Waals surface area contributed by atoms with E-state index in [2.05, 4.69) is 11.1 Å². The molecule has 61 valence electrons. The summed E-state index contributed by atoms with van der Waals surface area (Å²) in [6, 6.07) is 6.04. The summed E-state index contributed by atoms with van der Waals surface area (Å²) in [6.07, 6.45) is 0. The first-order valence-corrected chi connectivity index (χ1v) is 3.38. The van der Waals surface area contributed by atoms with Crippen LogP contribution in [0, 0.1) is 6.07 Å². The fraction of sp³-hybridized carbons (Fsp3) is 0.125. The van der Waals surface area contributed by atoms with Gasteiger partial charge in [-0.25, -0.2) is 4.79 Å². The van der Waals surface area contributed by atoms with E-state index in [1.807, 2.05) is 0 Å². The average Bonchev–Trinajstić information content (AvgIpc) is 2.43. The Kier molecular flexibility index (Phi) is 1.40. The molecular formula is C8H6NO3. The van der Waals surface area contributed by atoms with E-state index in [-0.39, 0.29) is 0 Å². The molecule has 0 fully saturated rings. The lowest BCUT2D eigenvalue weighted by Crippen LogP contribution is -1.92. The number of methoxy groups -OCH3 is 1. The molecule has 0 bridgehead atoms. The minimum atomic E-state index is -0.466. The molecule has 0 unspecified atom stereocenters. The van der Waals surface area contributed by atoms with Crippen molar-refractivity contribution < 1.29 is 9.15 Å². The van der Waals surface area contributed by atoms with Crippen LogP contribution in [0.1, 0.15) is 0 Å². The van der Waals surface area contributed by atoms with Gasteiger partial charge in [-0.3, -0.25) is 4.98 Å². The van der Waals surface area contributed by atoms with Crippen molar-refractivity contribution in [1.82, 2.24) is 4.98 Å². The maximum absolute atomic E-state index is 10.7. The Balaban J connectivity index is 2.74. The summed E-state index contributed by atoms with van der Waals surface area (Å²) in [7, 11) is 1.53. The summed E-state index contributed by atoms with van der Waals surface area (Å²) in [5.74, 6) is 0.0805. The smallest absolute Gasteiger partial charge is 0.417 e. The molecule has 0 saturated heterocycles. The molecule has 4 nitrogen and oxygen atoms in total. The molecule has 0 aliphatic rings. The van der Waals surface area contributed by atoms with Gasteiger partial charge in [0.15, 0.2) is 5.58 Å². The lowest BCUT2D eigenvalue weighted by molar-refractivity contribution is 0.413. The van der Waals surface area contributed by atoms with E-state index in [0.717, 1.165) is 0 Å². The highest BCUT2D eigenvalue weighted by Gasteiger charge is 2.01. The molecule has 1 aromatic carbocycles. The van der Waals surface area contributed by atoms with E-state index >= 15 is 0 Å². The van der Waals surface area contributed by atoms with Gasteiger partial charge < -0.3 is 9.15 Å². The van der Waals surface area contributed by atoms with Gasteiger partial charge in [-0.2, -0.15) is 0 Å². The number of aromatic amines is 1. The third kappa shape index (κ3) is 0.972. The highest BCUT2D eigenvalue weighted by atomic mass is 16.5. The Morgan fingerprint density at radius 2 is 2.50 bits per heavy atom. The van der Waals surface area contributed by atoms with Crippen molar-refractivity contribution in [1.29, 1.82) is 0 Å². The van der Waals surface area contributed by atoms with Crippen molar-refractivity contribution in [3.8, 4) is 5.75 Å². The van der Waals surface area contributed by atoms with E-state index in [4.69, 9.17) is 9.15 Å². The van der Waals surface area contributed by atoms with Gasteiger partial charge >= 0.3 is 5.76 Å². The fourth-order valence-electron chi connectivity index (χ4n) is 0.988. The number of rotatable bonds is 1. The summed E-state index contributed by atoms with van der Waals surface area (Å²) < 4.78 is 9.70. The summed E-state index contributed by atoms with van der Waals surface area (Å²) in [4.78, 5) is 13.2. The zero-order valence-corrected chi connectivity index (χ0v) is 6.38. The van der Waals surface area contributed by atoms with Crippen molar-refractivity contribution in [3.05, 3.63) is 28.7 Å². The monoisotopic (exact) mass is 164 g/mol. The van der Waals surface area contributed by atoms with Gasteiger partial charge in [0.2, 0.25) is 0 Å². The molecule has 0 amide bonds. The molecule has 0 aliphatic heterocycles. The van der Waals surface area contributed by atoms with Gasteiger partial charge in [0.25, 0.3) is 0 Å². The third-order valence-electron chi connectivity index (χ3n) is 1.55. The topological polar surface area (TPSA) is 55.2 Å². The summed E-state index contributed by atoms with van der Waals surface area (Å²) in [5, 5.41) is 0. The summed E-state index contributed by atoms with van der Waals surface area (Å²) in [6.45, 7) is 0. The van der Waals surface area contributed by atoms with Crippen LogP contribution >= 0.6 is 0 Å². The van der Waals surface area contributed by atoms with E-state index < -0.39 is 5.76 Å². The Bertz CT molecular complexity index is 455. The van der Waals surface area contributed by atoms with Crippen LogP contribution in [0.25, 0.3) is 11.1 Å². The minimum Gasteiger partial charge on any atom is -0.496 e. The Labute approximate surface area is 67.8 Å². The van der Waals surface area contributed by atoms with Crippen molar-refractivity contribution in [2.75, 3.05) is 7.11 Å². The van der Waals surface area contributed by atoms with Crippen LogP contribution in [0.4, 0.5) is 0 Å². The maximum atomic E-state index is 10.7. The number of benzene rings is 1. The van der Waals surface area contributed by atoms with Gasteiger partial charge in [-0.05, 0) is 6.07 Å². The van der Waals surface area contributed by atoms with Crippen molar-refractivity contribution in [2.24, 2.45) is 0 Å². The van der Waals surface area contributed by atoms with Crippen LogP contribution in [0.5, 0.6) is 5.75 Å². The average molecular weight is 164 g/mol. The quantitative estimate of drug-likeness (QED) is 0.682. The Morgan fingerprint density at radius 1 is 1.67 bits per heavy atom. The molecule has 2 rings (SSSR count). The van der Waals surface area contributed by atoms with Crippen LogP contribution < -0.4 is 10.5 Å². The molecular weight excluding hydrogens is 158 g/mol. The third-order valence-corrected chi connectivity index (χ3v) is 1.55. The van der Waals surface area contributed by atoms with Gasteiger partial charge in [-0.15, -0.1) is 0 Å². The summed E-state index contributed by atoms with van der Waals surface area (Å²) in [5.41, 5.74) is 1.11. The van der Waals surface area contributed by atoms with Crippen LogP contribution in [0.15, 0.2) is 21.3 Å². The number of aromatic nitrogens is 1. The molecule has 4 heteroatoms. The van der Waals surface area contributed by atoms with Gasteiger partial charge in [-0.1, -0.05) is 0 Å². The second kappa shape index (κ2) is 2.41. The molecule has 2 aromatic rings. The first-order valence-electron chi connectivity index (χ1n) is 3.38. The number of H-pyrrole nitrogens is 1. The SMILES string of the molecule is COc1[c]cc2[nH]c(=O)oc2c1. The predicted molar refractivity (Wildman–Crippen MR) is 42.2 cm³/mol. The highest BCUT2D eigenvalue weighted by Crippen LogP contribution is 2.16. The van der Waals surface area contributed by atoms with Crippen LogP contribution in [-0.2, 0) is 0 Å². The minimum absolute atomic E-state index is 0.466. The van der Waals surface area contributed by atoms with Gasteiger partial charge in [0.05, 0.1) is 12.6 Å². The van der Waals surface area contributed by atoms with E-state index in [1.165, 1.54) is 7.11 Å². The van der Waals surface area contributed by atoms with Gasteiger partial charge in [0.1, 0.15) is 5.75 Å². The number of oxazole rings is 1. The Morgan fingerprint density at radius 3 is 3.25 bits per heavy atom. The first-order chi connectivity index (χ1) is 5.79. The molecule has 0 saturated carbocycles.